The summed E-state index contributed by atoms with van der Waals surface area (Å²) in [6, 6.07) is 19.0. The summed E-state index contributed by atoms with van der Waals surface area (Å²) < 4.78 is 7.74. The summed E-state index contributed by atoms with van der Waals surface area (Å²) in [5.74, 6) is 0.907. The summed E-state index contributed by atoms with van der Waals surface area (Å²) in [5.41, 5.74) is 6.08. The molecule has 0 aromatic heterocycles. The van der Waals surface area contributed by atoms with Crippen molar-refractivity contribution in [1.29, 1.82) is 0 Å². The van der Waals surface area contributed by atoms with Crippen molar-refractivity contribution < 1.29 is 9.31 Å². The zero-order chi connectivity index (χ0) is 20.9. The summed E-state index contributed by atoms with van der Waals surface area (Å²) >= 11 is 1.82. The third-order valence-corrected chi connectivity index (χ3v) is 6.17. The minimum atomic E-state index is 0.679. The van der Waals surface area contributed by atoms with E-state index in [1.165, 1.54) is 37.8 Å². The molecule has 2 aliphatic rings. The molecule has 150 valence electrons. The van der Waals surface area contributed by atoms with E-state index in [4.69, 9.17) is 4.74 Å². The highest BCUT2D eigenvalue weighted by Gasteiger charge is 2.17. The minimum absolute atomic E-state index is 0.679. The van der Waals surface area contributed by atoms with Gasteiger partial charge in [0.15, 0.2) is 5.71 Å². The van der Waals surface area contributed by atoms with E-state index in [1.807, 2.05) is 30.8 Å². The van der Waals surface area contributed by atoms with Gasteiger partial charge in [0.1, 0.15) is 19.8 Å². The maximum atomic E-state index is 5.61. The molecule has 0 radical (unpaired) electrons. The first kappa shape index (κ1) is 20.2. The maximum Gasteiger partial charge on any atom is 0.199 e. The highest BCUT2D eigenvalue weighted by Crippen LogP contribution is 2.45. The fourth-order valence-corrected chi connectivity index (χ4v) is 4.51. The quantitative estimate of drug-likeness (QED) is 0.543. The maximum absolute atomic E-state index is 5.61. The molecule has 0 saturated heterocycles. The Balaban J connectivity index is 1.76. The van der Waals surface area contributed by atoms with Crippen molar-refractivity contribution in [3.63, 3.8) is 0 Å². The molecule has 1 aliphatic heterocycles. The molecule has 0 amide bonds. The molecule has 2 nitrogen and oxygen atoms in total. The second kappa shape index (κ2) is 9.19. The van der Waals surface area contributed by atoms with E-state index in [-0.39, 0.29) is 0 Å². The van der Waals surface area contributed by atoms with Gasteiger partial charge in [-0.1, -0.05) is 54.2 Å². The van der Waals surface area contributed by atoms with Gasteiger partial charge >= 0.3 is 0 Å². The number of benzene rings is 2. The number of hydrogen-bond donors (Lipinski definition) is 0. The normalized spacial score (nSPS) is 15.8. The van der Waals surface area contributed by atoms with Crippen LogP contribution in [0.2, 0.25) is 0 Å². The fraction of sp³-hybridized carbons (Fsp3) is 0.148. The van der Waals surface area contributed by atoms with Gasteiger partial charge in [-0.25, -0.2) is 4.58 Å². The Bertz CT molecular complexity index is 1090. The number of allylic oxidation sites excluding steroid dienone is 8. The van der Waals surface area contributed by atoms with Crippen LogP contribution in [0, 0.1) is 0 Å². The van der Waals surface area contributed by atoms with Gasteiger partial charge in [0, 0.05) is 22.0 Å². The van der Waals surface area contributed by atoms with Crippen molar-refractivity contribution >= 4 is 27.3 Å². The number of nitrogens with zero attached hydrogens (tertiary/aromatic N) is 1. The van der Waals surface area contributed by atoms with E-state index in [9.17, 15) is 0 Å². The average Bonchev–Trinajstić information content (AvgIpc) is 2.80. The standard InChI is InChI=1S/C27H26NOS/c1-4-29-25-16-12-22(13-17-25)27-19-23(20-10-14-24(15-11-20)28(2)3)18-26(30-27)21-8-6-5-7-9-21/h5-19H,4H2,1-3H3/q+1. The molecule has 2 aromatic rings. The Morgan fingerprint density at radius 1 is 0.733 bits per heavy atom. The third-order valence-electron chi connectivity index (χ3n) is 5.02. The molecule has 0 unspecified atom stereocenters. The summed E-state index contributed by atoms with van der Waals surface area (Å²) in [6.45, 7) is 2.69. The third kappa shape index (κ3) is 4.58. The van der Waals surface area contributed by atoms with Gasteiger partial charge < -0.3 is 4.74 Å². The van der Waals surface area contributed by atoms with Crippen LogP contribution in [0.5, 0.6) is 5.75 Å². The smallest absolute Gasteiger partial charge is 0.199 e. The summed E-state index contributed by atoms with van der Waals surface area (Å²) in [5, 5.41) is 0. The number of thioether (sulfide) groups is 1. The lowest BCUT2D eigenvalue weighted by Crippen LogP contribution is -2.10. The first-order valence-corrected chi connectivity index (χ1v) is 11.0. The molecule has 4 rings (SSSR count). The Labute approximate surface area is 183 Å². The Morgan fingerprint density at radius 3 is 1.90 bits per heavy atom. The van der Waals surface area contributed by atoms with Crippen molar-refractivity contribution in [1.82, 2.24) is 0 Å². The average molecular weight is 413 g/mol. The molecule has 2 aromatic carbocycles. The zero-order valence-electron chi connectivity index (χ0n) is 17.6. The van der Waals surface area contributed by atoms with Crippen molar-refractivity contribution in [3.05, 3.63) is 113 Å². The number of hydrogen-bond acceptors (Lipinski definition) is 2. The van der Waals surface area contributed by atoms with E-state index < -0.39 is 0 Å². The number of ether oxygens (including phenoxy) is 1. The molecular weight excluding hydrogens is 386 g/mol. The largest absolute Gasteiger partial charge is 0.494 e. The molecule has 0 spiro atoms. The van der Waals surface area contributed by atoms with Crippen LogP contribution in [0.15, 0.2) is 102 Å². The monoisotopic (exact) mass is 412 g/mol. The van der Waals surface area contributed by atoms with Crippen molar-refractivity contribution in [2.45, 2.75) is 6.92 Å². The minimum Gasteiger partial charge on any atom is -0.494 e. The predicted molar refractivity (Wildman–Crippen MR) is 130 cm³/mol. The van der Waals surface area contributed by atoms with Gasteiger partial charge in [-0.2, -0.15) is 0 Å². The van der Waals surface area contributed by atoms with Gasteiger partial charge in [-0.15, -0.1) is 0 Å². The van der Waals surface area contributed by atoms with Crippen LogP contribution in [0.3, 0.4) is 0 Å². The Kier molecular flexibility index (Phi) is 6.20. The Hall–Kier alpha value is -3.04. The summed E-state index contributed by atoms with van der Waals surface area (Å²) in [7, 11) is 4.13. The lowest BCUT2D eigenvalue weighted by molar-refractivity contribution is -0.462. The highest BCUT2D eigenvalue weighted by atomic mass is 32.2. The SMILES string of the molecule is CCOc1ccc(C2=CC(=C3C=CC(=[N+](C)C)C=C3)C=C(c3ccccc3)S2)cc1. The van der Waals surface area contributed by atoms with Gasteiger partial charge in [0.05, 0.1) is 6.61 Å². The molecular formula is C27H26NOS+. The van der Waals surface area contributed by atoms with Crippen LogP contribution in [-0.2, 0) is 0 Å². The topological polar surface area (TPSA) is 12.2 Å². The molecule has 1 heterocycles. The van der Waals surface area contributed by atoms with Crippen LogP contribution in [0.25, 0.3) is 9.81 Å². The van der Waals surface area contributed by atoms with Crippen molar-refractivity contribution in [2.75, 3.05) is 20.7 Å². The highest BCUT2D eigenvalue weighted by molar-refractivity contribution is 8.16. The van der Waals surface area contributed by atoms with Gasteiger partial charge in [0.2, 0.25) is 0 Å². The lowest BCUT2D eigenvalue weighted by atomic mass is 9.99. The molecule has 30 heavy (non-hydrogen) atoms. The molecule has 1 aliphatic carbocycles. The first-order chi connectivity index (χ1) is 14.6. The molecule has 3 heteroatoms. The van der Waals surface area contributed by atoms with Crippen molar-refractivity contribution in [2.24, 2.45) is 0 Å². The van der Waals surface area contributed by atoms with E-state index >= 15 is 0 Å². The Morgan fingerprint density at radius 2 is 1.33 bits per heavy atom. The van der Waals surface area contributed by atoms with Crippen LogP contribution in [0.4, 0.5) is 0 Å². The molecule has 0 bridgehead atoms. The second-order valence-corrected chi connectivity index (χ2v) is 8.42. The van der Waals surface area contributed by atoms with E-state index in [1.54, 1.807) is 0 Å². The summed E-state index contributed by atoms with van der Waals surface area (Å²) in [6.07, 6.45) is 13.3. The van der Waals surface area contributed by atoms with Crippen LogP contribution in [-0.4, -0.2) is 31.0 Å². The second-order valence-electron chi connectivity index (χ2n) is 7.34. The van der Waals surface area contributed by atoms with E-state index in [0.717, 1.165) is 5.75 Å². The molecule has 0 N–H and O–H groups in total. The lowest BCUT2D eigenvalue weighted by Gasteiger charge is -2.19. The summed E-state index contributed by atoms with van der Waals surface area (Å²) in [4.78, 5) is 2.50. The van der Waals surface area contributed by atoms with Crippen LogP contribution in [0.1, 0.15) is 18.1 Å². The van der Waals surface area contributed by atoms with Crippen molar-refractivity contribution in [3.8, 4) is 5.75 Å². The van der Waals surface area contributed by atoms with Gasteiger partial charge in [-0.05, 0) is 65.6 Å². The van der Waals surface area contributed by atoms with Gasteiger partial charge in [0.25, 0.3) is 0 Å². The molecule has 0 atom stereocenters. The fourth-order valence-electron chi connectivity index (χ4n) is 3.39. The van der Waals surface area contributed by atoms with Crippen LogP contribution < -0.4 is 4.74 Å². The van der Waals surface area contributed by atoms with E-state index in [0.29, 0.717) is 6.61 Å². The predicted octanol–water partition coefficient (Wildman–Crippen LogP) is 6.35. The molecule has 0 fully saturated rings. The first-order valence-electron chi connectivity index (χ1n) is 10.2. The zero-order valence-corrected chi connectivity index (χ0v) is 18.4. The van der Waals surface area contributed by atoms with E-state index in [2.05, 4.69) is 97.6 Å². The van der Waals surface area contributed by atoms with Crippen LogP contribution >= 0.6 is 11.8 Å². The van der Waals surface area contributed by atoms with Gasteiger partial charge in [-0.3, -0.25) is 0 Å². The number of rotatable bonds is 4. The molecule has 0 saturated carbocycles.